The minimum atomic E-state index is -5.14. The van der Waals surface area contributed by atoms with Gasteiger partial charge in [-0.05, 0) is 20.8 Å². The SMILES string of the molecule is CC(C)(C)OC(=O)N1C[C@H](NC(=O)C(F)(F)F)[C@@H](OS(C)(=O)=O)C1. The maximum atomic E-state index is 12.4. The molecule has 1 N–H and O–H groups in total. The van der Waals surface area contributed by atoms with E-state index >= 15 is 0 Å². The Bertz CT molecular complexity index is 599. The zero-order chi connectivity index (χ0) is 18.9. The first-order valence-electron chi connectivity index (χ1n) is 6.82. The molecule has 1 saturated heterocycles. The van der Waals surface area contributed by atoms with E-state index in [0.717, 1.165) is 4.90 Å². The second kappa shape index (κ2) is 6.75. The van der Waals surface area contributed by atoms with Crippen molar-refractivity contribution in [1.29, 1.82) is 0 Å². The molecule has 0 aromatic rings. The fourth-order valence-electron chi connectivity index (χ4n) is 1.96. The number of rotatable bonds is 3. The van der Waals surface area contributed by atoms with Gasteiger partial charge >= 0.3 is 18.2 Å². The number of carbonyl (C=O) groups is 2. The lowest BCUT2D eigenvalue weighted by Crippen LogP contribution is -2.49. The van der Waals surface area contributed by atoms with Crippen molar-refractivity contribution < 1.29 is 40.1 Å². The van der Waals surface area contributed by atoms with E-state index < -0.39 is 46.0 Å². The van der Waals surface area contributed by atoms with Crippen molar-refractivity contribution in [1.82, 2.24) is 10.2 Å². The molecule has 1 aliphatic heterocycles. The van der Waals surface area contributed by atoms with Gasteiger partial charge in [-0.2, -0.15) is 21.6 Å². The van der Waals surface area contributed by atoms with Gasteiger partial charge in [0.1, 0.15) is 11.7 Å². The molecular weight excluding hydrogens is 357 g/mol. The molecule has 0 saturated carbocycles. The van der Waals surface area contributed by atoms with Gasteiger partial charge in [0.15, 0.2) is 0 Å². The lowest BCUT2D eigenvalue weighted by molar-refractivity contribution is -0.174. The van der Waals surface area contributed by atoms with E-state index in [1.165, 1.54) is 0 Å². The van der Waals surface area contributed by atoms with Gasteiger partial charge in [0, 0.05) is 6.54 Å². The molecule has 12 heteroatoms. The van der Waals surface area contributed by atoms with Gasteiger partial charge in [-0.15, -0.1) is 0 Å². The Kier molecular flexibility index (Phi) is 5.76. The topological polar surface area (TPSA) is 102 Å². The number of nitrogens with zero attached hydrogens (tertiary/aromatic N) is 1. The Hall–Kier alpha value is -1.56. The highest BCUT2D eigenvalue weighted by Crippen LogP contribution is 2.21. The third-order valence-electron chi connectivity index (χ3n) is 2.79. The molecule has 1 fully saturated rings. The second-order valence-corrected chi connectivity index (χ2v) is 7.90. The fourth-order valence-corrected chi connectivity index (χ4v) is 2.60. The van der Waals surface area contributed by atoms with Gasteiger partial charge < -0.3 is 15.0 Å². The van der Waals surface area contributed by atoms with Crippen LogP contribution in [0, 0.1) is 0 Å². The van der Waals surface area contributed by atoms with Gasteiger partial charge in [0.25, 0.3) is 10.1 Å². The Balaban J connectivity index is 2.89. The first-order valence-corrected chi connectivity index (χ1v) is 8.64. The molecule has 2 amide bonds. The number of ether oxygens (including phenoxy) is 1. The molecule has 1 rings (SSSR count). The van der Waals surface area contributed by atoms with E-state index in [-0.39, 0.29) is 13.1 Å². The van der Waals surface area contributed by atoms with Gasteiger partial charge in [0.05, 0.1) is 18.8 Å². The van der Waals surface area contributed by atoms with Gasteiger partial charge in [-0.3, -0.25) is 8.98 Å². The van der Waals surface area contributed by atoms with E-state index in [1.54, 1.807) is 26.1 Å². The summed E-state index contributed by atoms with van der Waals surface area (Å²) in [7, 11) is -4.01. The molecule has 0 aromatic carbocycles. The predicted octanol–water partition coefficient (Wildman–Crippen LogP) is 0.629. The van der Waals surface area contributed by atoms with Crippen LogP contribution in [0.15, 0.2) is 0 Å². The highest BCUT2D eigenvalue weighted by molar-refractivity contribution is 7.86. The van der Waals surface area contributed by atoms with Gasteiger partial charge in [-0.25, -0.2) is 4.79 Å². The highest BCUT2D eigenvalue weighted by Gasteiger charge is 2.45. The summed E-state index contributed by atoms with van der Waals surface area (Å²) < 4.78 is 69.3. The first kappa shape index (κ1) is 20.5. The van der Waals surface area contributed by atoms with Crippen molar-refractivity contribution in [3.05, 3.63) is 0 Å². The van der Waals surface area contributed by atoms with Gasteiger partial charge in [0.2, 0.25) is 0 Å². The second-order valence-electron chi connectivity index (χ2n) is 6.30. The van der Waals surface area contributed by atoms with Crippen LogP contribution in [0.25, 0.3) is 0 Å². The zero-order valence-electron chi connectivity index (χ0n) is 13.5. The van der Waals surface area contributed by atoms with Crippen LogP contribution in [0.4, 0.5) is 18.0 Å². The summed E-state index contributed by atoms with van der Waals surface area (Å²) in [6.45, 7) is 4.05. The molecule has 1 aliphatic rings. The van der Waals surface area contributed by atoms with E-state index in [0.29, 0.717) is 6.26 Å². The number of halogens is 3. The van der Waals surface area contributed by atoms with Gasteiger partial charge in [-0.1, -0.05) is 0 Å². The summed E-state index contributed by atoms with van der Waals surface area (Å²) in [5, 5.41) is 1.64. The molecule has 0 radical (unpaired) electrons. The molecule has 2 atom stereocenters. The molecule has 8 nitrogen and oxygen atoms in total. The summed E-state index contributed by atoms with van der Waals surface area (Å²) in [6.07, 6.45) is -6.63. The lowest BCUT2D eigenvalue weighted by Gasteiger charge is -2.24. The van der Waals surface area contributed by atoms with Crippen molar-refractivity contribution in [2.24, 2.45) is 0 Å². The number of nitrogens with one attached hydrogen (secondary N) is 1. The molecule has 0 unspecified atom stereocenters. The van der Waals surface area contributed by atoms with Crippen LogP contribution in [-0.2, 0) is 23.8 Å². The molecule has 140 valence electrons. The number of likely N-dealkylation sites (tertiary alicyclic amines) is 1. The minimum absolute atomic E-state index is 0.342. The van der Waals surface area contributed by atoms with Crippen molar-refractivity contribution in [2.75, 3.05) is 19.3 Å². The monoisotopic (exact) mass is 376 g/mol. The minimum Gasteiger partial charge on any atom is -0.444 e. The zero-order valence-corrected chi connectivity index (χ0v) is 14.3. The summed E-state index contributed by atoms with van der Waals surface area (Å²) >= 11 is 0. The van der Waals surface area contributed by atoms with E-state index in [4.69, 9.17) is 4.74 Å². The molecule has 1 heterocycles. The van der Waals surface area contributed by atoms with E-state index in [1.807, 2.05) is 0 Å². The van der Waals surface area contributed by atoms with Crippen LogP contribution >= 0.6 is 0 Å². The lowest BCUT2D eigenvalue weighted by atomic mass is 10.2. The quantitative estimate of drug-likeness (QED) is 0.725. The molecule has 0 spiro atoms. The van der Waals surface area contributed by atoms with Crippen molar-refractivity contribution >= 4 is 22.1 Å². The largest absolute Gasteiger partial charge is 0.471 e. The number of hydrogen-bond acceptors (Lipinski definition) is 6. The normalized spacial score (nSPS) is 22.4. The highest BCUT2D eigenvalue weighted by atomic mass is 32.2. The van der Waals surface area contributed by atoms with E-state index in [2.05, 4.69) is 4.18 Å². The van der Waals surface area contributed by atoms with E-state index in [9.17, 15) is 31.2 Å². The smallest absolute Gasteiger partial charge is 0.444 e. The molecule has 0 bridgehead atoms. The van der Waals surface area contributed by atoms with Crippen LogP contribution in [0.5, 0.6) is 0 Å². The summed E-state index contributed by atoms with van der Waals surface area (Å²) in [5.74, 6) is -2.25. The van der Waals surface area contributed by atoms with Crippen LogP contribution in [0.1, 0.15) is 20.8 Å². The average molecular weight is 376 g/mol. The Labute approximate surface area is 137 Å². The number of amides is 2. The fraction of sp³-hybridized carbons (Fsp3) is 0.833. The maximum absolute atomic E-state index is 12.4. The summed E-state index contributed by atoms with van der Waals surface area (Å²) in [6, 6.07) is -1.35. The molecule has 24 heavy (non-hydrogen) atoms. The average Bonchev–Trinajstić information content (AvgIpc) is 2.66. The molecule has 0 aromatic heterocycles. The van der Waals surface area contributed by atoms with Crippen LogP contribution in [0.3, 0.4) is 0 Å². The standard InChI is InChI=1S/C12H19F3N2O6S/c1-11(2,3)22-10(19)17-5-7(16-9(18)12(13,14)15)8(6-17)23-24(4,20)21/h7-8H,5-6H2,1-4H3,(H,16,18)/t7-,8-/m0/s1. The van der Waals surface area contributed by atoms with Crippen LogP contribution in [-0.4, -0.2) is 68.6 Å². The van der Waals surface area contributed by atoms with Crippen LogP contribution < -0.4 is 5.32 Å². The Morgan fingerprint density at radius 2 is 1.71 bits per heavy atom. The third kappa shape index (κ3) is 6.51. The maximum Gasteiger partial charge on any atom is 0.471 e. The predicted molar refractivity (Wildman–Crippen MR) is 75.5 cm³/mol. The number of carbonyl (C=O) groups excluding carboxylic acids is 2. The Morgan fingerprint density at radius 3 is 2.12 bits per heavy atom. The van der Waals surface area contributed by atoms with Crippen LogP contribution in [0.2, 0.25) is 0 Å². The third-order valence-corrected chi connectivity index (χ3v) is 3.39. The number of alkyl halides is 3. The van der Waals surface area contributed by atoms with Crippen molar-refractivity contribution in [2.45, 2.75) is 44.7 Å². The summed E-state index contributed by atoms with van der Waals surface area (Å²) in [5.41, 5.74) is -0.850. The number of hydrogen-bond donors (Lipinski definition) is 1. The first-order chi connectivity index (χ1) is 10.6. The Morgan fingerprint density at radius 1 is 1.17 bits per heavy atom. The molecular formula is C12H19F3N2O6S. The van der Waals surface area contributed by atoms with Crippen molar-refractivity contribution in [3.63, 3.8) is 0 Å². The summed E-state index contributed by atoms with van der Waals surface area (Å²) in [4.78, 5) is 24.0. The molecule has 0 aliphatic carbocycles. The van der Waals surface area contributed by atoms with Crippen molar-refractivity contribution in [3.8, 4) is 0 Å².